The quantitative estimate of drug-likeness (QED) is 0.564. The van der Waals surface area contributed by atoms with Gasteiger partial charge in [-0.25, -0.2) is 4.39 Å². The minimum Gasteiger partial charge on any atom is -0.372 e. The summed E-state index contributed by atoms with van der Waals surface area (Å²) in [7, 11) is 1.44. The number of methoxy groups -OCH3 is 1. The van der Waals surface area contributed by atoms with Crippen LogP contribution in [0, 0.1) is 5.82 Å². The van der Waals surface area contributed by atoms with Gasteiger partial charge in [0.15, 0.2) is 0 Å². The molecule has 0 aromatic heterocycles. The maximum absolute atomic E-state index is 14.4. The Hall–Kier alpha value is -2.10. The molecule has 1 saturated heterocycles. The third-order valence-corrected chi connectivity index (χ3v) is 6.18. The normalized spacial score (nSPS) is 19.5. The molecule has 0 saturated carbocycles. The average Bonchev–Trinajstić information content (AvgIpc) is 3.11. The molecule has 3 rings (SSSR count). The van der Waals surface area contributed by atoms with Gasteiger partial charge in [0.05, 0.1) is 6.54 Å². The number of anilines is 1. The molecule has 0 radical (unpaired) electrons. The van der Waals surface area contributed by atoms with Gasteiger partial charge in [-0.15, -0.1) is 0 Å². The number of ether oxygens (including phenoxy) is 1. The first-order valence-corrected chi connectivity index (χ1v) is 10.7. The third-order valence-electron chi connectivity index (χ3n) is 5.20. The Labute approximate surface area is 183 Å². The van der Waals surface area contributed by atoms with Crippen LogP contribution in [0.15, 0.2) is 52.3 Å². The van der Waals surface area contributed by atoms with Gasteiger partial charge in [-0.2, -0.15) is 13.2 Å². The number of alkyl halides is 3. The molecule has 1 heterocycles. The van der Waals surface area contributed by atoms with Gasteiger partial charge in [0.2, 0.25) is 5.91 Å². The van der Waals surface area contributed by atoms with E-state index in [1.54, 1.807) is 25.1 Å². The lowest BCUT2D eigenvalue weighted by atomic mass is 9.92. The summed E-state index contributed by atoms with van der Waals surface area (Å²) < 4.78 is 58.4. The van der Waals surface area contributed by atoms with Crippen LogP contribution in [0.4, 0.5) is 23.2 Å². The summed E-state index contributed by atoms with van der Waals surface area (Å²) >= 11 is 1.33. The smallest absolute Gasteiger partial charge is 0.372 e. The summed E-state index contributed by atoms with van der Waals surface area (Å²) in [5.74, 6) is -0.561. The van der Waals surface area contributed by atoms with Crippen molar-refractivity contribution < 1.29 is 27.1 Å². The van der Waals surface area contributed by atoms with E-state index in [1.807, 2.05) is 12.1 Å². The number of nitrogens with one attached hydrogen (secondary N) is 1. The molecule has 168 valence electrons. The van der Waals surface area contributed by atoms with Crippen molar-refractivity contribution in [2.24, 2.45) is 0 Å². The van der Waals surface area contributed by atoms with Crippen LogP contribution >= 0.6 is 11.8 Å². The van der Waals surface area contributed by atoms with Gasteiger partial charge in [0.1, 0.15) is 11.4 Å². The summed E-state index contributed by atoms with van der Waals surface area (Å²) in [5, 5.41) is 2.76. The first kappa shape index (κ1) is 23.6. The Morgan fingerprint density at radius 2 is 1.90 bits per heavy atom. The predicted octanol–water partition coefficient (Wildman–Crippen LogP) is 5.44. The third kappa shape index (κ3) is 6.21. The SMILES string of the molecule is CCC(=O)Nc1ccc(Sc2cc(F)cc(C3(OC)CCN(CC(F)(F)F)C3)c2)cc1. The van der Waals surface area contributed by atoms with Crippen molar-refractivity contribution in [1.82, 2.24) is 4.90 Å². The van der Waals surface area contributed by atoms with E-state index < -0.39 is 24.1 Å². The van der Waals surface area contributed by atoms with E-state index in [1.165, 1.54) is 35.9 Å². The molecule has 1 atom stereocenters. The predicted molar refractivity (Wildman–Crippen MR) is 112 cm³/mol. The Bertz CT molecular complexity index is 921. The molecule has 1 N–H and O–H groups in total. The zero-order chi connectivity index (χ0) is 22.6. The molecule has 1 amide bonds. The van der Waals surface area contributed by atoms with Crippen molar-refractivity contribution in [3.05, 3.63) is 53.8 Å². The first-order chi connectivity index (χ1) is 14.6. The van der Waals surface area contributed by atoms with Crippen molar-refractivity contribution in [1.29, 1.82) is 0 Å². The van der Waals surface area contributed by atoms with Crippen molar-refractivity contribution in [2.75, 3.05) is 32.1 Å². The molecule has 2 aromatic rings. The highest BCUT2D eigenvalue weighted by Crippen LogP contribution is 2.39. The summed E-state index contributed by atoms with van der Waals surface area (Å²) in [6.45, 7) is 1.01. The Kier molecular flexibility index (Phi) is 7.28. The van der Waals surface area contributed by atoms with E-state index in [0.29, 0.717) is 29.0 Å². The highest BCUT2D eigenvalue weighted by Gasteiger charge is 2.43. The number of rotatable bonds is 7. The lowest BCUT2D eigenvalue weighted by Gasteiger charge is -2.29. The molecular formula is C22H24F4N2O2S. The Morgan fingerprint density at radius 1 is 1.19 bits per heavy atom. The number of benzene rings is 2. The summed E-state index contributed by atoms with van der Waals surface area (Å²) in [6.07, 6.45) is -3.57. The van der Waals surface area contributed by atoms with Crippen LogP contribution in [0.3, 0.4) is 0 Å². The Morgan fingerprint density at radius 3 is 2.52 bits per heavy atom. The lowest BCUT2D eigenvalue weighted by Crippen LogP contribution is -2.37. The number of hydrogen-bond acceptors (Lipinski definition) is 4. The van der Waals surface area contributed by atoms with Gasteiger partial charge < -0.3 is 10.1 Å². The van der Waals surface area contributed by atoms with E-state index in [0.717, 1.165) is 4.90 Å². The summed E-state index contributed by atoms with van der Waals surface area (Å²) in [6, 6.07) is 11.6. The summed E-state index contributed by atoms with van der Waals surface area (Å²) in [5.41, 5.74) is 0.205. The topological polar surface area (TPSA) is 41.6 Å². The molecule has 2 aromatic carbocycles. The molecule has 4 nitrogen and oxygen atoms in total. The fourth-order valence-electron chi connectivity index (χ4n) is 3.64. The van der Waals surface area contributed by atoms with Crippen molar-refractivity contribution in [2.45, 2.75) is 41.3 Å². The molecule has 1 aliphatic heterocycles. The number of likely N-dealkylation sites (tertiary alicyclic amines) is 1. The second-order valence-electron chi connectivity index (χ2n) is 7.48. The molecule has 1 aliphatic rings. The van der Waals surface area contributed by atoms with Crippen molar-refractivity contribution >= 4 is 23.4 Å². The average molecular weight is 457 g/mol. The van der Waals surface area contributed by atoms with Crippen molar-refractivity contribution in [3.8, 4) is 0 Å². The number of hydrogen-bond donors (Lipinski definition) is 1. The zero-order valence-electron chi connectivity index (χ0n) is 17.3. The van der Waals surface area contributed by atoms with Gasteiger partial charge in [-0.1, -0.05) is 18.7 Å². The molecule has 0 spiro atoms. The van der Waals surface area contributed by atoms with Crippen LogP contribution in [0.5, 0.6) is 0 Å². The van der Waals surface area contributed by atoms with Crippen LogP contribution < -0.4 is 5.32 Å². The number of carbonyl (C=O) groups is 1. The Balaban J connectivity index is 1.77. The van der Waals surface area contributed by atoms with E-state index in [2.05, 4.69) is 5.32 Å². The molecule has 31 heavy (non-hydrogen) atoms. The highest BCUT2D eigenvalue weighted by atomic mass is 32.2. The first-order valence-electron chi connectivity index (χ1n) is 9.85. The monoisotopic (exact) mass is 456 g/mol. The maximum atomic E-state index is 14.4. The fraction of sp³-hybridized carbons (Fsp3) is 0.409. The van der Waals surface area contributed by atoms with E-state index in [-0.39, 0.29) is 19.0 Å². The van der Waals surface area contributed by atoms with Crippen LogP contribution in [0.2, 0.25) is 0 Å². The molecule has 9 heteroatoms. The standard InChI is InChI=1S/C22H24F4N2O2S/c1-3-20(29)27-17-4-6-18(7-5-17)31-19-11-15(10-16(23)12-19)21(30-2)8-9-28(13-21)14-22(24,25)26/h4-7,10-12H,3,8-9,13-14H2,1-2H3,(H,27,29). The van der Waals surface area contributed by atoms with Crippen LogP contribution in [-0.2, 0) is 15.1 Å². The second-order valence-corrected chi connectivity index (χ2v) is 8.62. The zero-order valence-corrected chi connectivity index (χ0v) is 18.1. The van der Waals surface area contributed by atoms with Gasteiger partial charge in [0, 0.05) is 42.1 Å². The molecule has 1 fully saturated rings. The van der Waals surface area contributed by atoms with Crippen molar-refractivity contribution in [3.63, 3.8) is 0 Å². The highest BCUT2D eigenvalue weighted by molar-refractivity contribution is 7.99. The van der Waals surface area contributed by atoms with Crippen LogP contribution in [-0.4, -0.2) is 43.7 Å². The minimum atomic E-state index is -4.30. The number of carbonyl (C=O) groups excluding carboxylic acids is 1. The van der Waals surface area contributed by atoms with Crippen LogP contribution in [0.25, 0.3) is 0 Å². The van der Waals surface area contributed by atoms with E-state index >= 15 is 0 Å². The van der Waals surface area contributed by atoms with E-state index in [9.17, 15) is 22.4 Å². The van der Waals surface area contributed by atoms with Gasteiger partial charge in [0.25, 0.3) is 0 Å². The second kappa shape index (κ2) is 9.58. The molecule has 1 unspecified atom stereocenters. The number of amides is 1. The maximum Gasteiger partial charge on any atom is 0.401 e. The largest absolute Gasteiger partial charge is 0.401 e. The molecule has 0 bridgehead atoms. The summed E-state index contributed by atoms with van der Waals surface area (Å²) in [4.78, 5) is 14.2. The number of nitrogens with zero attached hydrogens (tertiary/aromatic N) is 1. The van der Waals surface area contributed by atoms with Crippen LogP contribution in [0.1, 0.15) is 25.3 Å². The number of halogens is 4. The van der Waals surface area contributed by atoms with Gasteiger partial charge in [-0.3, -0.25) is 9.69 Å². The van der Waals surface area contributed by atoms with E-state index in [4.69, 9.17) is 4.74 Å². The minimum absolute atomic E-state index is 0.0440. The lowest BCUT2D eigenvalue weighted by molar-refractivity contribution is -0.146. The fourth-order valence-corrected chi connectivity index (χ4v) is 4.54. The van der Waals surface area contributed by atoms with Gasteiger partial charge in [-0.05, 0) is 54.4 Å². The molecular weight excluding hydrogens is 432 g/mol. The van der Waals surface area contributed by atoms with Gasteiger partial charge >= 0.3 is 6.18 Å². The molecule has 0 aliphatic carbocycles.